The quantitative estimate of drug-likeness (QED) is 0.332. The first-order chi connectivity index (χ1) is 14.9. The van der Waals surface area contributed by atoms with Crippen LogP contribution in [0.15, 0.2) is 37.8 Å². The number of nitrogens with one attached hydrogen (secondary N) is 2. The maximum absolute atomic E-state index is 12.5. The Morgan fingerprint density at radius 3 is 2.53 bits per heavy atom. The number of halogens is 1. The Labute approximate surface area is 193 Å². The fourth-order valence-electron chi connectivity index (χ4n) is 3.13. The molecule has 0 saturated heterocycles. The Morgan fingerprint density at radius 1 is 1.28 bits per heavy atom. The molecule has 1 amide bonds. The SMILES string of the molecule is Cc1ccc([C@H](Nc2no[n+]([O-])c2Nc2ccc(Br)c(C(=O)N(C)C)c2O)C(C)(C)C)o1. The Kier molecular flexibility index (Phi) is 6.40. The fourth-order valence-corrected chi connectivity index (χ4v) is 3.62. The van der Waals surface area contributed by atoms with E-state index in [0.29, 0.717) is 10.2 Å². The number of aromatic nitrogens is 2. The zero-order valence-electron chi connectivity index (χ0n) is 18.7. The highest BCUT2D eigenvalue weighted by Crippen LogP contribution is 2.39. The lowest BCUT2D eigenvalue weighted by Crippen LogP contribution is -2.29. The average molecular weight is 508 g/mol. The first-order valence-electron chi connectivity index (χ1n) is 9.83. The van der Waals surface area contributed by atoms with Gasteiger partial charge in [-0.25, -0.2) is 0 Å². The maximum Gasteiger partial charge on any atom is 0.324 e. The minimum Gasteiger partial charge on any atom is -0.504 e. The summed E-state index contributed by atoms with van der Waals surface area (Å²) < 4.78 is 11.0. The molecule has 2 aromatic heterocycles. The van der Waals surface area contributed by atoms with Crippen LogP contribution in [0.3, 0.4) is 0 Å². The molecular weight excluding hydrogens is 482 g/mol. The first-order valence-corrected chi connectivity index (χ1v) is 10.6. The molecule has 3 rings (SSSR count). The highest BCUT2D eigenvalue weighted by molar-refractivity contribution is 9.10. The molecule has 0 aliphatic rings. The largest absolute Gasteiger partial charge is 0.504 e. The third-order valence-corrected chi connectivity index (χ3v) is 5.47. The zero-order valence-corrected chi connectivity index (χ0v) is 20.3. The van der Waals surface area contributed by atoms with E-state index in [1.807, 2.05) is 39.8 Å². The van der Waals surface area contributed by atoms with Crippen LogP contribution >= 0.6 is 15.9 Å². The van der Waals surface area contributed by atoms with Gasteiger partial charge in [0.25, 0.3) is 11.7 Å². The predicted molar refractivity (Wildman–Crippen MR) is 122 cm³/mol. The summed E-state index contributed by atoms with van der Waals surface area (Å²) in [5.74, 6) is 0.746. The minimum absolute atomic E-state index is 0.0574. The molecule has 3 N–H and O–H groups in total. The standard InChI is InChI=1S/C21H26BrN5O5/c1-11-7-10-14(31-11)17(21(2,3)4)24-18-19(27(30)32-25-18)23-13-9-8-12(22)15(16(13)28)20(29)26(5)6/h7-10,17,23,28H,1-6H3,(H,24,25)/t17-/m0/s1. The van der Waals surface area contributed by atoms with Crippen LogP contribution in [0.5, 0.6) is 5.75 Å². The number of amides is 1. The van der Waals surface area contributed by atoms with Gasteiger partial charge in [0.2, 0.25) is 0 Å². The normalized spacial score (nSPS) is 12.5. The van der Waals surface area contributed by atoms with Gasteiger partial charge in [-0.15, -0.1) is 0 Å². The number of carbonyl (C=O) groups is 1. The molecule has 0 fully saturated rings. The highest BCUT2D eigenvalue weighted by Gasteiger charge is 2.33. The van der Waals surface area contributed by atoms with Gasteiger partial charge in [0, 0.05) is 18.6 Å². The third-order valence-electron chi connectivity index (χ3n) is 4.81. The van der Waals surface area contributed by atoms with Crippen molar-refractivity contribution in [3.63, 3.8) is 0 Å². The minimum atomic E-state index is -0.405. The van der Waals surface area contributed by atoms with Gasteiger partial charge in [-0.05, 0) is 57.7 Å². The van der Waals surface area contributed by atoms with Crippen molar-refractivity contribution in [2.75, 3.05) is 24.7 Å². The molecule has 10 nitrogen and oxygen atoms in total. The number of carbonyl (C=O) groups excluding carboxylic acids is 1. The van der Waals surface area contributed by atoms with Crippen molar-refractivity contribution in [1.29, 1.82) is 0 Å². The molecule has 0 bridgehead atoms. The highest BCUT2D eigenvalue weighted by atomic mass is 79.9. The van der Waals surface area contributed by atoms with E-state index in [2.05, 4.69) is 31.7 Å². The van der Waals surface area contributed by atoms with Crippen molar-refractivity contribution in [3.05, 3.63) is 51.0 Å². The Morgan fingerprint density at radius 2 is 1.97 bits per heavy atom. The first kappa shape index (κ1) is 23.5. The number of phenolic OH excluding ortho intramolecular Hbond substituents is 1. The van der Waals surface area contributed by atoms with Gasteiger partial charge < -0.3 is 29.6 Å². The van der Waals surface area contributed by atoms with Crippen LogP contribution in [0.2, 0.25) is 0 Å². The number of furan rings is 1. The fraction of sp³-hybridized carbons (Fsp3) is 0.381. The van der Waals surface area contributed by atoms with Crippen LogP contribution in [0.1, 0.15) is 48.7 Å². The average Bonchev–Trinajstić information content (AvgIpc) is 3.26. The topological polar surface area (TPSA) is 131 Å². The van der Waals surface area contributed by atoms with Crippen molar-refractivity contribution in [3.8, 4) is 5.75 Å². The summed E-state index contributed by atoms with van der Waals surface area (Å²) in [6, 6.07) is 6.49. The second-order valence-electron chi connectivity index (χ2n) is 8.66. The van der Waals surface area contributed by atoms with Crippen LogP contribution in [-0.2, 0) is 0 Å². The molecule has 3 aromatic rings. The molecule has 0 aliphatic heterocycles. The number of aromatic hydroxyl groups is 1. The van der Waals surface area contributed by atoms with E-state index in [1.165, 1.54) is 11.0 Å². The van der Waals surface area contributed by atoms with Crippen LogP contribution in [0, 0.1) is 17.5 Å². The van der Waals surface area contributed by atoms with Gasteiger partial charge in [-0.1, -0.05) is 25.7 Å². The number of hydrogen-bond acceptors (Lipinski definition) is 8. The second-order valence-corrected chi connectivity index (χ2v) is 9.52. The van der Waals surface area contributed by atoms with Crippen molar-refractivity contribution in [2.24, 2.45) is 5.41 Å². The predicted octanol–water partition coefficient (Wildman–Crippen LogP) is 4.32. The summed E-state index contributed by atoms with van der Waals surface area (Å²) in [5.41, 5.74) is -0.114. The molecule has 1 atom stereocenters. The Hall–Kier alpha value is -3.21. The van der Waals surface area contributed by atoms with E-state index in [0.717, 1.165) is 5.76 Å². The smallest absolute Gasteiger partial charge is 0.324 e. The lowest BCUT2D eigenvalue weighted by molar-refractivity contribution is -0.790. The van der Waals surface area contributed by atoms with Crippen LogP contribution < -0.4 is 15.5 Å². The van der Waals surface area contributed by atoms with E-state index >= 15 is 0 Å². The monoisotopic (exact) mass is 507 g/mol. The van der Waals surface area contributed by atoms with E-state index in [4.69, 9.17) is 9.05 Å². The van der Waals surface area contributed by atoms with Crippen molar-refractivity contribution in [2.45, 2.75) is 33.7 Å². The van der Waals surface area contributed by atoms with E-state index in [-0.39, 0.29) is 45.0 Å². The van der Waals surface area contributed by atoms with Gasteiger partial charge in [0.15, 0.2) is 5.75 Å². The van der Waals surface area contributed by atoms with Gasteiger partial charge in [-0.3, -0.25) is 10.1 Å². The molecule has 0 spiro atoms. The molecule has 0 saturated carbocycles. The van der Waals surface area contributed by atoms with Crippen LogP contribution in [0.4, 0.5) is 17.3 Å². The number of anilines is 3. The summed E-state index contributed by atoms with van der Waals surface area (Å²) in [5, 5.41) is 32.9. The van der Waals surface area contributed by atoms with Gasteiger partial charge in [0.1, 0.15) is 17.2 Å². The molecule has 1 aromatic carbocycles. The van der Waals surface area contributed by atoms with Crippen molar-refractivity contribution in [1.82, 2.24) is 10.1 Å². The molecule has 0 unspecified atom stereocenters. The molecule has 0 aliphatic carbocycles. The third kappa shape index (κ3) is 4.67. The van der Waals surface area contributed by atoms with E-state index in [1.54, 1.807) is 20.2 Å². The number of nitrogens with zero attached hydrogens (tertiary/aromatic N) is 3. The molecule has 32 heavy (non-hydrogen) atoms. The summed E-state index contributed by atoms with van der Waals surface area (Å²) in [6.07, 6.45) is 0. The molecular formula is C21H26BrN5O5. The number of hydrogen-bond donors (Lipinski definition) is 3. The summed E-state index contributed by atoms with van der Waals surface area (Å²) >= 11 is 3.28. The summed E-state index contributed by atoms with van der Waals surface area (Å²) in [7, 11) is 3.15. The molecule has 2 heterocycles. The maximum atomic E-state index is 12.5. The zero-order chi connectivity index (χ0) is 23.8. The van der Waals surface area contributed by atoms with Gasteiger partial charge in [0.05, 0.1) is 11.6 Å². The van der Waals surface area contributed by atoms with Gasteiger partial charge in [-0.2, -0.15) is 0 Å². The van der Waals surface area contributed by atoms with Crippen molar-refractivity contribution < 1.29 is 23.9 Å². The summed E-state index contributed by atoms with van der Waals surface area (Å²) in [4.78, 5) is 14.0. The Balaban J connectivity index is 1.98. The van der Waals surface area contributed by atoms with Crippen molar-refractivity contribution >= 4 is 39.2 Å². The van der Waals surface area contributed by atoms with Crippen LogP contribution in [-0.4, -0.2) is 35.2 Å². The number of benzene rings is 1. The van der Waals surface area contributed by atoms with E-state index < -0.39 is 5.91 Å². The van der Waals surface area contributed by atoms with Crippen LogP contribution in [0.25, 0.3) is 0 Å². The number of rotatable bonds is 6. The van der Waals surface area contributed by atoms with E-state index in [9.17, 15) is 15.1 Å². The molecule has 11 heteroatoms. The Bertz CT molecular complexity index is 1130. The molecule has 172 valence electrons. The number of phenols is 1. The number of aryl methyl sites for hydroxylation is 1. The van der Waals surface area contributed by atoms with Gasteiger partial charge >= 0.3 is 5.82 Å². The lowest BCUT2D eigenvalue weighted by atomic mass is 9.85. The second kappa shape index (κ2) is 8.73. The summed E-state index contributed by atoms with van der Waals surface area (Å²) in [6.45, 7) is 7.89. The lowest BCUT2D eigenvalue weighted by Gasteiger charge is -2.29. The molecule has 0 radical (unpaired) electrons.